The maximum absolute atomic E-state index is 8.36. The van der Waals surface area contributed by atoms with Gasteiger partial charge >= 0.3 is 0 Å². The largest absolute Gasteiger partial charge is 0.483 e. The molecule has 1 aliphatic rings. The highest BCUT2D eigenvalue weighted by atomic mass is 16.3. The van der Waals surface area contributed by atoms with Crippen LogP contribution in [-0.2, 0) is 4.79 Å². The normalized spacial score (nSPS) is 17.8. The molecule has 0 amide bonds. The van der Waals surface area contributed by atoms with Crippen molar-refractivity contribution in [3.63, 3.8) is 0 Å². The van der Waals surface area contributed by atoms with Gasteiger partial charge in [-0.2, -0.15) is 0 Å². The summed E-state index contributed by atoms with van der Waals surface area (Å²) in [4.78, 5) is 8.36. The first-order valence-electron chi connectivity index (χ1n) is 5.28. The van der Waals surface area contributed by atoms with Crippen molar-refractivity contribution in [1.82, 2.24) is 0 Å². The second kappa shape index (κ2) is 8.09. The van der Waals surface area contributed by atoms with Crippen LogP contribution in [0.4, 0.5) is 0 Å². The minimum Gasteiger partial charge on any atom is -0.483 e. The van der Waals surface area contributed by atoms with Crippen molar-refractivity contribution in [2.75, 3.05) is 0 Å². The summed E-state index contributed by atoms with van der Waals surface area (Å²) in [7, 11) is 0. The molecular weight excluding hydrogens is 164 g/mol. The minimum atomic E-state index is -0.250. The van der Waals surface area contributed by atoms with Crippen LogP contribution in [-0.4, -0.2) is 11.6 Å². The van der Waals surface area contributed by atoms with Gasteiger partial charge in [-0.15, -0.1) is 0 Å². The predicted octanol–water partition coefficient (Wildman–Crippen LogP) is 3.31. The highest BCUT2D eigenvalue weighted by Crippen LogP contribution is 2.28. The second-order valence-corrected chi connectivity index (χ2v) is 4.24. The van der Waals surface area contributed by atoms with Crippen LogP contribution in [0.15, 0.2) is 0 Å². The summed E-state index contributed by atoms with van der Waals surface area (Å²) in [6.07, 6.45) is 8.99. The molecule has 1 saturated carbocycles. The van der Waals surface area contributed by atoms with Gasteiger partial charge in [0.1, 0.15) is 0 Å². The van der Waals surface area contributed by atoms with Gasteiger partial charge in [0.15, 0.2) is 0 Å². The van der Waals surface area contributed by atoms with E-state index in [1.807, 2.05) is 0 Å². The van der Waals surface area contributed by atoms with E-state index in [2.05, 4.69) is 13.8 Å². The third kappa shape index (κ3) is 7.82. The van der Waals surface area contributed by atoms with Crippen LogP contribution in [0.5, 0.6) is 0 Å². The monoisotopic (exact) mass is 186 g/mol. The molecule has 0 radical (unpaired) electrons. The summed E-state index contributed by atoms with van der Waals surface area (Å²) in [5.74, 6) is 2.00. The van der Waals surface area contributed by atoms with E-state index < -0.39 is 0 Å². The van der Waals surface area contributed by atoms with Crippen LogP contribution < -0.4 is 0 Å². The van der Waals surface area contributed by atoms with Gasteiger partial charge in [-0.25, -0.2) is 0 Å². The molecule has 2 heteroatoms. The quantitative estimate of drug-likeness (QED) is 0.672. The summed E-state index contributed by atoms with van der Waals surface area (Å²) >= 11 is 0. The first-order chi connectivity index (χ1) is 6.20. The van der Waals surface area contributed by atoms with Crippen molar-refractivity contribution >= 4 is 6.47 Å². The van der Waals surface area contributed by atoms with Crippen LogP contribution in [0.25, 0.3) is 0 Å². The molecule has 1 fully saturated rings. The molecule has 0 unspecified atom stereocenters. The molecule has 13 heavy (non-hydrogen) atoms. The first kappa shape index (κ1) is 12.5. The van der Waals surface area contributed by atoms with Crippen LogP contribution in [0, 0.1) is 11.8 Å². The molecular formula is C11H22O2. The average molecular weight is 186 g/mol. The maximum atomic E-state index is 8.36. The fourth-order valence-corrected chi connectivity index (χ4v) is 2.09. The molecule has 0 aliphatic heterocycles. The molecule has 0 saturated heterocycles. The van der Waals surface area contributed by atoms with Gasteiger partial charge in [0.05, 0.1) is 0 Å². The lowest BCUT2D eigenvalue weighted by Gasteiger charge is -2.22. The topological polar surface area (TPSA) is 37.3 Å². The predicted molar refractivity (Wildman–Crippen MR) is 54.7 cm³/mol. The lowest BCUT2D eigenvalue weighted by Crippen LogP contribution is -2.08. The van der Waals surface area contributed by atoms with E-state index in [1.54, 1.807) is 0 Å². The molecule has 1 rings (SSSR count). The third-order valence-electron chi connectivity index (χ3n) is 2.53. The molecule has 1 N–H and O–H groups in total. The Labute approximate surface area is 81.3 Å². The molecule has 2 nitrogen and oxygen atoms in total. The van der Waals surface area contributed by atoms with E-state index in [-0.39, 0.29) is 6.47 Å². The van der Waals surface area contributed by atoms with Gasteiger partial charge < -0.3 is 5.11 Å². The van der Waals surface area contributed by atoms with E-state index in [9.17, 15) is 0 Å². The van der Waals surface area contributed by atoms with Gasteiger partial charge in [-0.05, 0) is 18.3 Å². The van der Waals surface area contributed by atoms with Crippen molar-refractivity contribution in [3.05, 3.63) is 0 Å². The summed E-state index contributed by atoms with van der Waals surface area (Å²) in [5, 5.41) is 6.89. The van der Waals surface area contributed by atoms with Crippen molar-refractivity contribution in [2.24, 2.45) is 11.8 Å². The Bertz CT molecular complexity index is 115. The number of rotatable bonds is 2. The lowest BCUT2D eigenvalue weighted by molar-refractivity contribution is -0.122. The van der Waals surface area contributed by atoms with E-state index in [0.717, 1.165) is 11.8 Å². The highest BCUT2D eigenvalue weighted by Gasteiger charge is 2.13. The SMILES string of the molecule is CC(C)CC1CCCCC1.O=CO. The Morgan fingerprint density at radius 2 is 1.77 bits per heavy atom. The molecule has 0 aromatic rings. The van der Waals surface area contributed by atoms with Crippen molar-refractivity contribution in [2.45, 2.75) is 52.4 Å². The van der Waals surface area contributed by atoms with Gasteiger partial charge in [0, 0.05) is 0 Å². The summed E-state index contributed by atoms with van der Waals surface area (Å²) in [6.45, 7) is 4.43. The molecule has 0 bridgehead atoms. The van der Waals surface area contributed by atoms with Crippen molar-refractivity contribution in [1.29, 1.82) is 0 Å². The molecule has 0 heterocycles. The fourth-order valence-electron chi connectivity index (χ4n) is 2.09. The standard InChI is InChI=1S/C10H20.CH2O2/c1-9(2)8-10-6-4-3-5-7-10;2-1-3/h9-10H,3-8H2,1-2H3;1H,(H,2,3). The number of carboxylic acid groups (broad SMARTS) is 1. The molecule has 0 aromatic heterocycles. The van der Waals surface area contributed by atoms with Crippen LogP contribution in [0.3, 0.4) is 0 Å². The molecule has 0 atom stereocenters. The highest BCUT2D eigenvalue weighted by molar-refractivity contribution is 5.32. The maximum Gasteiger partial charge on any atom is 0.290 e. The van der Waals surface area contributed by atoms with Crippen molar-refractivity contribution in [3.8, 4) is 0 Å². The van der Waals surface area contributed by atoms with E-state index >= 15 is 0 Å². The number of hydrogen-bond donors (Lipinski definition) is 1. The molecule has 78 valence electrons. The Kier molecular flexibility index (Phi) is 7.76. The summed E-state index contributed by atoms with van der Waals surface area (Å²) in [5.41, 5.74) is 0. The smallest absolute Gasteiger partial charge is 0.290 e. The van der Waals surface area contributed by atoms with Gasteiger partial charge in [0.25, 0.3) is 6.47 Å². The number of hydrogen-bond acceptors (Lipinski definition) is 1. The molecule has 0 spiro atoms. The van der Waals surface area contributed by atoms with E-state index in [1.165, 1.54) is 38.5 Å². The molecule has 1 aliphatic carbocycles. The third-order valence-corrected chi connectivity index (χ3v) is 2.53. The Hall–Kier alpha value is -0.530. The van der Waals surface area contributed by atoms with Gasteiger partial charge in [-0.1, -0.05) is 46.0 Å². The van der Waals surface area contributed by atoms with Crippen LogP contribution in [0.1, 0.15) is 52.4 Å². The van der Waals surface area contributed by atoms with E-state index in [4.69, 9.17) is 9.90 Å². The number of carbonyl (C=O) groups is 1. The second-order valence-electron chi connectivity index (χ2n) is 4.24. The fraction of sp³-hybridized carbons (Fsp3) is 0.909. The zero-order valence-electron chi connectivity index (χ0n) is 8.83. The Balaban J connectivity index is 0.000000424. The van der Waals surface area contributed by atoms with Crippen LogP contribution >= 0.6 is 0 Å². The average Bonchev–Trinajstić information content (AvgIpc) is 2.06. The van der Waals surface area contributed by atoms with Gasteiger partial charge in [-0.3, -0.25) is 4.79 Å². The van der Waals surface area contributed by atoms with Gasteiger partial charge in [0.2, 0.25) is 0 Å². The summed E-state index contributed by atoms with van der Waals surface area (Å²) < 4.78 is 0. The Morgan fingerprint density at radius 1 is 1.31 bits per heavy atom. The zero-order valence-corrected chi connectivity index (χ0v) is 8.83. The van der Waals surface area contributed by atoms with E-state index in [0.29, 0.717) is 0 Å². The van der Waals surface area contributed by atoms with Crippen molar-refractivity contribution < 1.29 is 9.90 Å². The lowest BCUT2D eigenvalue weighted by atomic mass is 9.84. The van der Waals surface area contributed by atoms with Crippen LogP contribution in [0.2, 0.25) is 0 Å². The summed E-state index contributed by atoms with van der Waals surface area (Å²) in [6, 6.07) is 0. The Morgan fingerprint density at radius 3 is 2.15 bits per heavy atom. The first-order valence-corrected chi connectivity index (χ1v) is 5.28. The minimum absolute atomic E-state index is 0.250. The molecule has 0 aromatic carbocycles. The zero-order chi connectivity index (χ0) is 10.1.